The number of anilines is 1. The van der Waals surface area contributed by atoms with Crippen molar-refractivity contribution in [1.82, 2.24) is 9.88 Å². The maximum absolute atomic E-state index is 5.91. The van der Waals surface area contributed by atoms with E-state index in [0.717, 1.165) is 38.2 Å². The van der Waals surface area contributed by atoms with Gasteiger partial charge in [0, 0.05) is 19.7 Å². The molecule has 5 heteroatoms. The lowest BCUT2D eigenvalue weighted by Crippen LogP contribution is -2.39. The maximum Gasteiger partial charge on any atom is 0.181 e. The van der Waals surface area contributed by atoms with Crippen molar-refractivity contribution in [3.63, 3.8) is 0 Å². The van der Waals surface area contributed by atoms with Gasteiger partial charge in [0.25, 0.3) is 0 Å². The summed E-state index contributed by atoms with van der Waals surface area (Å²) in [6.45, 7) is 6.23. The highest BCUT2D eigenvalue weighted by Gasteiger charge is 2.20. The van der Waals surface area contributed by atoms with Crippen molar-refractivity contribution >= 4 is 26.7 Å². The van der Waals surface area contributed by atoms with E-state index in [1.165, 1.54) is 23.1 Å². The predicted molar refractivity (Wildman–Crippen MR) is 88.6 cm³/mol. The van der Waals surface area contributed by atoms with Crippen LogP contribution in [0.5, 0.6) is 0 Å². The van der Waals surface area contributed by atoms with Crippen LogP contribution in [0.2, 0.25) is 0 Å². The fourth-order valence-corrected chi connectivity index (χ4v) is 3.72. The maximum atomic E-state index is 5.91. The highest BCUT2D eigenvalue weighted by atomic mass is 32.1. The number of nitrogens with two attached hydrogens (primary N) is 1. The molecule has 0 radical (unpaired) electrons. The Morgan fingerprint density at radius 3 is 3.24 bits per heavy atom. The zero-order valence-corrected chi connectivity index (χ0v) is 13.4. The molecule has 21 heavy (non-hydrogen) atoms. The van der Waals surface area contributed by atoms with Crippen molar-refractivity contribution in [3.05, 3.63) is 23.8 Å². The van der Waals surface area contributed by atoms with Crippen LogP contribution >= 0.6 is 11.3 Å². The minimum Gasteiger partial charge on any atom is -0.377 e. The van der Waals surface area contributed by atoms with Crippen molar-refractivity contribution in [3.8, 4) is 0 Å². The van der Waals surface area contributed by atoms with E-state index in [9.17, 15) is 0 Å². The zero-order chi connectivity index (χ0) is 14.7. The molecule has 0 aliphatic carbocycles. The molecule has 2 aromatic rings. The Bertz CT molecular complexity index is 598. The van der Waals surface area contributed by atoms with Crippen molar-refractivity contribution in [1.29, 1.82) is 0 Å². The summed E-state index contributed by atoms with van der Waals surface area (Å²) in [5.41, 5.74) is 8.11. The van der Waals surface area contributed by atoms with E-state index in [1.54, 1.807) is 11.3 Å². The second-order valence-corrected chi connectivity index (χ2v) is 6.79. The molecule has 1 aromatic carbocycles. The van der Waals surface area contributed by atoms with E-state index in [-0.39, 0.29) is 0 Å². The van der Waals surface area contributed by atoms with Crippen molar-refractivity contribution in [2.75, 3.05) is 25.4 Å². The Balaban J connectivity index is 1.63. The Hall–Kier alpha value is -1.17. The zero-order valence-electron chi connectivity index (χ0n) is 12.5. The third-order valence-corrected chi connectivity index (χ3v) is 4.74. The SMILES string of the molecule is CCCOC1CCCN(Cc2ccc3nc(N)sc3c2)C1. The number of ether oxygens (including phenoxy) is 1. The van der Waals surface area contributed by atoms with Crippen LogP contribution < -0.4 is 5.73 Å². The van der Waals surface area contributed by atoms with E-state index in [2.05, 4.69) is 35.0 Å². The van der Waals surface area contributed by atoms with Crippen LogP contribution in [0.25, 0.3) is 10.2 Å². The predicted octanol–water partition coefficient (Wildman–Crippen LogP) is 3.27. The van der Waals surface area contributed by atoms with E-state index in [1.807, 2.05) is 0 Å². The van der Waals surface area contributed by atoms with Gasteiger partial charge >= 0.3 is 0 Å². The van der Waals surface area contributed by atoms with Crippen LogP contribution in [0.15, 0.2) is 18.2 Å². The number of piperidine rings is 1. The molecule has 2 N–H and O–H groups in total. The van der Waals surface area contributed by atoms with Gasteiger partial charge in [0.05, 0.1) is 16.3 Å². The Kier molecular flexibility index (Phi) is 4.73. The summed E-state index contributed by atoms with van der Waals surface area (Å²) in [7, 11) is 0. The normalized spacial score (nSPS) is 20.1. The summed E-state index contributed by atoms with van der Waals surface area (Å²) in [5.74, 6) is 0. The summed E-state index contributed by atoms with van der Waals surface area (Å²) in [5, 5.41) is 0.646. The number of hydrogen-bond donors (Lipinski definition) is 1. The Morgan fingerprint density at radius 2 is 2.38 bits per heavy atom. The third kappa shape index (κ3) is 3.73. The Labute approximate surface area is 129 Å². The fourth-order valence-electron chi connectivity index (χ4n) is 2.92. The number of hydrogen-bond acceptors (Lipinski definition) is 5. The summed E-state index contributed by atoms with van der Waals surface area (Å²) in [6, 6.07) is 6.46. The summed E-state index contributed by atoms with van der Waals surface area (Å²) < 4.78 is 7.09. The Morgan fingerprint density at radius 1 is 1.48 bits per heavy atom. The molecule has 1 fully saturated rings. The first-order chi connectivity index (χ1) is 10.2. The molecule has 1 atom stereocenters. The number of fused-ring (bicyclic) bond motifs is 1. The van der Waals surface area contributed by atoms with Gasteiger partial charge in [0.1, 0.15) is 0 Å². The van der Waals surface area contributed by atoms with Gasteiger partial charge in [0.2, 0.25) is 0 Å². The minimum absolute atomic E-state index is 0.404. The molecule has 1 aliphatic rings. The standard InChI is InChI=1S/C16H23N3OS/c1-2-8-20-13-4-3-7-19(11-13)10-12-5-6-14-15(9-12)21-16(17)18-14/h5-6,9,13H,2-4,7-8,10-11H2,1H3,(H2,17,18). The second kappa shape index (κ2) is 6.73. The highest BCUT2D eigenvalue weighted by molar-refractivity contribution is 7.22. The van der Waals surface area contributed by atoms with Crippen LogP contribution in [-0.4, -0.2) is 35.7 Å². The van der Waals surface area contributed by atoms with Crippen molar-refractivity contribution < 1.29 is 4.74 Å². The molecule has 4 nitrogen and oxygen atoms in total. The van der Waals surface area contributed by atoms with Crippen LogP contribution in [0.3, 0.4) is 0 Å². The molecule has 2 heterocycles. The van der Waals surface area contributed by atoms with Gasteiger partial charge in [-0.25, -0.2) is 4.98 Å². The molecule has 3 rings (SSSR count). The molecule has 0 amide bonds. The van der Waals surface area contributed by atoms with Crippen LogP contribution in [0.1, 0.15) is 31.7 Å². The summed E-state index contributed by atoms with van der Waals surface area (Å²) in [4.78, 5) is 6.80. The van der Waals surface area contributed by atoms with Gasteiger partial charge in [-0.15, -0.1) is 0 Å². The summed E-state index contributed by atoms with van der Waals surface area (Å²) in [6.07, 6.45) is 3.92. The lowest BCUT2D eigenvalue weighted by Gasteiger charge is -2.32. The van der Waals surface area contributed by atoms with Crippen LogP contribution in [0, 0.1) is 0 Å². The smallest absolute Gasteiger partial charge is 0.181 e. The average Bonchev–Trinajstić information content (AvgIpc) is 2.85. The quantitative estimate of drug-likeness (QED) is 0.921. The van der Waals surface area contributed by atoms with Crippen molar-refractivity contribution in [2.24, 2.45) is 0 Å². The van der Waals surface area contributed by atoms with Crippen LogP contribution in [0.4, 0.5) is 5.13 Å². The van der Waals surface area contributed by atoms with Gasteiger partial charge in [-0.2, -0.15) is 0 Å². The number of thiazole rings is 1. The largest absolute Gasteiger partial charge is 0.377 e. The molecule has 0 saturated carbocycles. The topological polar surface area (TPSA) is 51.4 Å². The van der Waals surface area contributed by atoms with Gasteiger partial charge in [-0.3, -0.25) is 4.90 Å². The second-order valence-electron chi connectivity index (χ2n) is 5.72. The van der Waals surface area contributed by atoms with Gasteiger partial charge in [-0.05, 0) is 43.5 Å². The van der Waals surface area contributed by atoms with E-state index >= 15 is 0 Å². The van der Waals surface area contributed by atoms with Gasteiger partial charge in [-0.1, -0.05) is 24.3 Å². The van der Waals surface area contributed by atoms with Crippen LogP contribution in [-0.2, 0) is 11.3 Å². The highest BCUT2D eigenvalue weighted by Crippen LogP contribution is 2.25. The first-order valence-corrected chi connectivity index (χ1v) is 8.55. The molecule has 0 spiro atoms. The number of likely N-dealkylation sites (tertiary alicyclic amines) is 1. The monoisotopic (exact) mass is 305 g/mol. The van der Waals surface area contributed by atoms with E-state index < -0.39 is 0 Å². The average molecular weight is 305 g/mol. The first kappa shape index (κ1) is 14.8. The van der Waals surface area contributed by atoms with Crippen molar-refractivity contribution in [2.45, 2.75) is 38.8 Å². The van der Waals surface area contributed by atoms with E-state index in [0.29, 0.717) is 11.2 Å². The molecule has 1 aromatic heterocycles. The van der Waals surface area contributed by atoms with E-state index in [4.69, 9.17) is 10.5 Å². The number of rotatable bonds is 5. The molecule has 1 unspecified atom stereocenters. The molecule has 1 saturated heterocycles. The molecular formula is C16H23N3OS. The fraction of sp³-hybridized carbons (Fsp3) is 0.562. The summed E-state index contributed by atoms with van der Waals surface area (Å²) >= 11 is 1.56. The number of nitrogen functional groups attached to an aromatic ring is 1. The third-order valence-electron chi connectivity index (χ3n) is 3.90. The number of benzene rings is 1. The molecule has 1 aliphatic heterocycles. The van der Waals surface area contributed by atoms with Gasteiger partial charge in [0.15, 0.2) is 5.13 Å². The first-order valence-electron chi connectivity index (χ1n) is 7.73. The molecule has 0 bridgehead atoms. The number of nitrogens with zero attached hydrogens (tertiary/aromatic N) is 2. The van der Waals surface area contributed by atoms with Gasteiger partial charge < -0.3 is 10.5 Å². The number of aromatic nitrogens is 1. The molecule has 114 valence electrons. The minimum atomic E-state index is 0.404. The lowest BCUT2D eigenvalue weighted by atomic mass is 10.1. The lowest BCUT2D eigenvalue weighted by molar-refractivity contribution is -0.00221. The molecular weight excluding hydrogens is 282 g/mol.